The van der Waals surface area contributed by atoms with Crippen molar-refractivity contribution in [3.8, 4) is 0 Å². The van der Waals surface area contributed by atoms with Crippen molar-refractivity contribution < 1.29 is 13.7 Å². The molecular weight excluding hydrogens is 371 g/mol. The lowest BCUT2D eigenvalue weighted by molar-refractivity contribution is 0.0827. The number of carbonyl (C=O) groups excluding carboxylic acids is 1. The van der Waals surface area contributed by atoms with Crippen LogP contribution in [0.25, 0.3) is 0 Å². The molecule has 0 saturated heterocycles. The Morgan fingerprint density at radius 3 is 2.86 bits per heavy atom. The van der Waals surface area contributed by atoms with Gasteiger partial charge in [0.05, 0.1) is 5.56 Å². The second-order valence-corrected chi connectivity index (χ2v) is 7.43. The van der Waals surface area contributed by atoms with E-state index in [4.69, 9.17) is 4.52 Å². The van der Waals surface area contributed by atoms with Gasteiger partial charge in [-0.2, -0.15) is 0 Å². The maximum absolute atomic E-state index is 13.5. The molecule has 0 spiro atoms. The molecule has 1 amide bonds. The fourth-order valence-electron chi connectivity index (χ4n) is 3.52. The largest absolute Gasteiger partial charge is 0.359 e. The smallest absolute Gasteiger partial charge is 0.253 e. The number of hydrogen-bond acceptors (Lipinski definition) is 5. The van der Waals surface area contributed by atoms with E-state index in [2.05, 4.69) is 15.4 Å². The minimum atomic E-state index is -0.304. The quantitative estimate of drug-likeness (QED) is 0.713. The average molecular weight is 394 g/mol. The first-order valence-electron chi connectivity index (χ1n) is 9.52. The number of nitrogens with one attached hydrogen (secondary N) is 1. The highest BCUT2D eigenvalue weighted by atomic mass is 19.1. The zero-order valence-electron chi connectivity index (χ0n) is 16.5. The predicted octanol–water partition coefficient (Wildman–Crippen LogP) is 3.82. The lowest BCUT2D eigenvalue weighted by Gasteiger charge is -2.26. The summed E-state index contributed by atoms with van der Waals surface area (Å²) >= 11 is 0. The van der Waals surface area contributed by atoms with Crippen molar-refractivity contribution >= 4 is 17.4 Å². The maximum atomic E-state index is 13.5. The van der Waals surface area contributed by atoms with E-state index in [1.54, 1.807) is 31.1 Å². The second kappa shape index (κ2) is 8.05. The molecule has 0 atom stereocenters. The van der Waals surface area contributed by atoms with Crippen LogP contribution in [-0.2, 0) is 19.5 Å². The third-order valence-electron chi connectivity index (χ3n) is 4.98. The van der Waals surface area contributed by atoms with Gasteiger partial charge >= 0.3 is 0 Å². The number of fused-ring (bicyclic) bond motifs is 1. The van der Waals surface area contributed by atoms with E-state index in [-0.39, 0.29) is 11.7 Å². The molecule has 1 aliphatic rings. The first kappa shape index (κ1) is 19.1. The number of benzene rings is 2. The molecule has 0 fully saturated rings. The second-order valence-electron chi connectivity index (χ2n) is 7.43. The fourth-order valence-corrected chi connectivity index (χ4v) is 3.52. The van der Waals surface area contributed by atoms with Gasteiger partial charge in [-0.1, -0.05) is 23.4 Å². The third-order valence-corrected chi connectivity index (χ3v) is 4.98. The van der Waals surface area contributed by atoms with Gasteiger partial charge in [0.1, 0.15) is 11.6 Å². The van der Waals surface area contributed by atoms with Crippen molar-refractivity contribution in [3.63, 3.8) is 0 Å². The summed E-state index contributed by atoms with van der Waals surface area (Å²) in [5.41, 5.74) is 3.38. The van der Waals surface area contributed by atoms with E-state index in [1.807, 2.05) is 24.3 Å². The molecule has 29 heavy (non-hydrogen) atoms. The minimum Gasteiger partial charge on any atom is -0.359 e. The van der Waals surface area contributed by atoms with Gasteiger partial charge in [0, 0.05) is 51.4 Å². The molecule has 0 saturated carbocycles. The van der Waals surface area contributed by atoms with Gasteiger partial charge in [-0.3, -0.25) is 9.69 Å². The van der Waals surface area contributed by atoms with Gasteiger partial charge in [-0.05, 0) is 35.9 Å². The first-order chi connectivity index (χ1) is 14.0. The van der Waals surface area contributed by atoms with E-state index in [9.17, 15) is 9.18 Å². The van der Waals surface area contributed by atoms with E-state index in [1.165, 1.54) is 12.1 Å². The lowest BCUT2D eigenvalue weighted by atomic mass is 10.1. The van der Waals surface area contributed by atoms with Gasteiger partial charge < -0.3 is 14.7 Å². The highest BCUT2D eigenvalue weighted by Gasteiger charge is 2.24. The normalized spacial score (nSPS) is 13.8. The Hall–Kier alpha value is -3.19. The molecule has 2 aromatic carbocycles. The molecular formula is C22H23FN4O2. The van der Waals surface area contributed by atoms with Crippen LogP contribution in [0.15, 0.2) is 53.1 Å². The topological polar surface area (TPSA) is 61.6 Å². The van der Waals surface area contributed by atoms with E-state index in [0.717, 1.165) is 36.4 Å². The van der Waals surface area contributed by atoms with Crippen molar-refractivity contribution in [1.29, 1.82) is 0 Å². The fraction of sp³-hybridized carbons (Fsp3) is 0.273. The number of amides is 1. The van der Waals surface area contributed by atoms with Gasteiger partial charge in [-0.25, -0.2) is 4.39 Å². The summed E-state index contributed by atoms with van der Waals surface area (Å²) in [6.45, 7) is 2.23. The number of hydrogen-bond donors (Lipinski definition) is 1. The first-order valence-corrected chi connectivity index (χ1v) is 9.52. The molecule has 7 heteroatoms. The van der Waals surface area contributed by atoms with Crippen LogP contribution >= 0.6 is 0 Å². The van der Waals surface area contributed by atoms with Gasteiger partial charge in [0.15, 0.2) is 5.82 Å². The molecule has 0 radical (unpaired) electrons. The molecule has 0 aliphatic carbocycles. The van der Waals surface area contributed by atoms with Crippen LogP contribution in [-0.4, -0.2) is 41.5 Å². The predicted molar refractivity (Wildman–Crippen MR) is 108 cm³/mol. The number of carbonyl (C=O) groups is 1. The summed E-state index contributed by atoms with van der Waals surface area (Å²) in [7, 11) is 3.50. The van der Waals surface area contributed by atoms with E-state index >= 15 is 0 Å². The monoisotopic (exact) mass is 394 g/mol. The molecule has 3 aromatic rings. The van der Waals surface area contributed by atoms with Crippen molar-refractivity contribution in [1.82, 2.24) is 15.0 Å². The molecule has 0 bridgehead atoms. The molecule has 4 rings (SSSR count). The number of anilines is 2. The summed E-state index contributed by atoms with van der Waals surface area (Å²) in [4.78, 5) is 16.1. The van der Waals surface area contributed by atoms with Gasteiger partial charge in [0.25, 0.3) is 5.91 Å². The summed E-state index contributed by atoms with van der Waals surface area (Å²) in [5.74, 6) is 1.16. The van der Waals surface area contributed by atoms with Crippen molar-refractivity contribution in [2.45, 2.75) is 19.5 Å². The zero-order valence-corrected chi connectivity index (χ0v) is 16.5. The van der Waals surface area contributed by atoms with E-state index < -0.39 is 0 Å². The molecule has 0 unspecified atom stereocenters. The molecule has 1 aromatic heterocycles. The molecule has 150 valence electrons. The maximum Gasteiger partial charge on any atom is 0.253 e. The number of rotatable bonds is 5. The van der Waals surface area contributed by atoms with Crippen LogP contribution in [0.1, 0.15) is 27.2 Å². The van der Waals surface area contributed by atoms with Crippen LogP contribution in [0.4, 0.5) is 15.9 Å². The standard InChI is InChI=1S/C22H23FN4O2/c1-26(2)22(28)16-6-3-5-15(11-16)13-27-10-9-20-19(14-27)21(25-29-20)24-18-8-4-7-17(23)12-18/h3-8,11-12H,9-10,13-14H2,1-2H3,(H,24,25). The Morgan fingerprint density at radius 1 is 1.24 bits per heavy atom. The Kier molecular flexibility index (Phi) is 5.31. The van der Waals surface area contributed by atoms with Crippen LogP contribution in [0.3, 0.4) is 0 Å². The summed E-state index contributed by atoms with van der Waals surface area (Å²) < 4.78 is 18.9. The third kappa shape index (κ3) is 4.30. The molecule has 1 aliphatic heterocycles. The van der Waals surface area contributed by atoms with Crippen molar-refractivity contribution in [3.05, 3.63) is 76.8 Å². The van der Waals surface area contributed by atoms with E-state index in [0.29, 0.717) is 23.6 Å². The van der Waals surface area contributed by atoms with Crippen molar-refractivity contribution in [2.75, 3.05) is 26.0 Å². The SMILES string of the molecule is CN(C)C(=O)c1cccc(CN2CCc3onc(Nc4cccc(F)c4)c3C2)c1. The Balaban J connectivity index is 1.48. The molecule has 6 nitrogen and oxygen atoms in total. The lowest BCUT2D eigenvalue weighted by Crippen LogP contribution is -2.30. The van der Waals surface area contributed by atoms with Gasteiger partial charge in [-0.15, -0.1) is 0 Å². The Morgan fingerprint density at radius 2 is 2.07 bits per heavy atom. The van der Waals surface area contributed by atoms with Crippen molar-refractivity contribution in [2.24, 2.45) is 0 Å². The summed E-state index contributed by atoms with van der Waals surface area (Å²) in [5, 5.41) is 7.29. The number of nitrogens with zero attached hydrogens (tertiary/aromatic N) is 3. The Labute approximate surface area is 168 Å². The summed E-state index contributed by atoms with van der Waals surface area (Å²) in [6.07, 6.45) is 0.753. The van der Waals surface area contributed by atoms with Crippen LogP contribution < -0.4 is 5.32 Å². The molecule has 2 heterocycles. The van der Waals surface area contributed by atoms with Crippen LogP contribution in [0, 0.1) is 5.82 Å². The highest BCUT2D eigenvalue weighted by Crippen LogP contribution is 2.29. The van der Waals surface area contributed by atoms with Crippen LogP contribution in [0.2, 0.25) is 0 Å². The Bertz CT molecular complexity index is 1030. The minimum absolute atomic E-state index is 0.00612. The number of aromatic nitrogens is 1. The van der Waals surface area contributed by atoms with Gasteiger partial charge in [0.2, 0.25) is 0 Å². The van der Waals surface area contributed by atoms with Crippen LogP contribution in [0.5, 0.6) is 0 Å². The number of halogens is 1. The average Bonchev–Trinajstić information content (AvgIpc) is 3.09. The highest BCUT2D eigenvalue weighted by molar-refractivity contribution is 5.94. The zero-order chi connectivity index (χ0) is 20.4. The summed E-state index contributed by atoms with van der Waals surface area (Å²) in [6, 6.07) is 14.0. The molecule has 1 N–H and O–H groups in total.